The average Bonchev–Trinajstić information content (AvgIpc) is 3.02. The molecule has 5 nitrogen and oxygen atoms in total. The molecule has 2 atom stereocenters. The predicted octanol–water partition coefficient (Wildman–Crippen LogP) is 2.30. The Morgan fingerprint density at radius 3 is 2.16 bits per heavy atom. The highest BCUT2D eigenvalue weighted by molar-refractivity contribution is 7.86. The molecular weight excluding hydrogens is 334 g/mol. The van der Waals surface area contributed by atoms with Crippen LogP contribution in [0, 0.1) is 12.8 Å². The van der Waals surface area contributed by atoms with Gasteiger partial charge in [-0.1, -0.05) is 36.8 Å². The van der Waals surface area contributed by atoms with E-state index in [0.29, 0.717) is 32.1 Å². The standard InChI is InChI=1S/C19H31N3O2S/c1-15-5-7-17(8-6-15)18-13-22(14-19(18)20(3)4)25(23,24)21-11-9-16(2)10-12-21/h5-8,16,18-19H,9-14H2,1-4H3/t18-,19+/m0/s1. The topological polar surface area (TPSA) is 43.9 Å². The van der Waals surface area contributed by atoms with Crippen molar-refractivity contribution < 1.29 is 8.42 Å². The van der Waals surface area contributed by atoms with Crippen LogP contribution in [0.4, 0.5) is 0 Å². The molecule has 25 heavy (non-hydrogen) atoms. The van der Waals surface area contributed by atoms with Gasteiger partial charge in [-0.3, -0.25) is 0 Å². The fourth-order valence-electron chi connectivity index (χ4n) is 3.98. The maximum Gasteiger partial charge on any atom is 0.282 e. The first-order valence-electron chi connectivity index (χ1n) is 9.27. The Morgan fingerprint density at radius 2 is 1.60 bits per heavy atom. The molecule has 0 aliphatic carbocycles. The number of likely N-dealkylation sites (N-methyl/N-ethyl adjacent to an activating group) is 1. The first kappa shape index (κ1) is 18.8. The summed E-state index contributed by atoms with van der Waals surface area (Å²) in [5, 5.41) is 0. The fraction of sp³-hybridized carbons (Fsp3) is 0.684. The van der Waals surface area contributed by atoms with Gasteiger partial charge in [0.15, 0.2) is 0 Å². The van der Waals surface area contributed by atoms with Gasteiger partial charge < -0.3 is 4.90 Å². The van der Waals surface area contributed by atoms with E-state index in [9.17, 15) is 8.42 Å². The molecule has 2 aliphatic heterocycles. The molecule has 0 unspecified atom stereocenters. The van der Waals surface area contributed by atoms with E-state index in [1.165, 1.54) is 11.1 Å². The first-order valence-corrected chi connectivity index (χ1v) is 10.7. The summed E-state index contributed by atoms with van der Waals surface area (Å²) in [6.45, 7) is 6.73. The zero-order chi connectivity index (χ0) is 18.2. The van der Waals surface area contributed by atoms with Crippen LogP contribution in [0.2, 0.25) is 0 Å². The molecular formula is C19H31N3O2S. The maximum absolute atomic E-state index is 13.1. The van der Waals surface area contributed by atoms with Crippen molar-refractivity contribution >= 4 is 10.2 Å². The van der Waals surface area contributed by atoms with E-state index in [4.69, 9.17) is 0 Å². The summed E-state index contributed by atoms with van der Waals surface area (Å²) >= 11 is 0. The number of hydrogen-bond donors (Lipinski definition) is 0. The quantitative estimate of drug-likeness (QED) is 0.822. The second-order valence-corrected chi connectivity index (χ2v) is 9.88. The Balaban J connectivity index is 1.80. The van der Waals surface area contributed by atoms with Crippen molar-refractivity contribution in [3.05, 3.63) is 35.4 Å². The van der Waals surface area contributed by atoms with Crippen molar-refractivity contribution in [2.45, 2.75) is 38.6 Å². The predicted molar refractivity (Wildman–Crippen MR) is 102 cm³/mol. The van der Waals surface area contributed by atoms with Gasteiger partial charge in [-0.05, 0) is 45.3 Å². The molecule has 0 spiro atoms. The molecule has 140 valence electrons. The van der Waals surface area contributed by atoms with Crippen molar-refractivity contribution in [2.75, 3.05) is 40.3 Å². The van der Waals surface area contributed by atoms with E-state index in [-0.39, 0.29) is 12.0 Å². The Kier molecular flexibility index (Phi) is 5.54. The van der Waals surface area contributed by atoms with Crippen LogP contribution < -0.4 is 0 Å². The lowest BCUT2D eigenvalue weighted by molar-refractivity contribution is 0.262. The van der Waals surface area contributed by atoms with Crippen molar-refractivity contribution in [1.82, 2.24) is 13.5 Å². The maximum atomic E-state index is 13.1. The second kappa shape index (κ2) is 7.35. The Bertz CT molecular complexity index is 679. The molecule has 1 aromatic rings. The molecule has 0 bridgehead atoms. The van der Waals surface area contributed by atoms with E-state index < -0.39 is 10.2 Å². The van der Waals surface area contributed by atoms with Gasteiger partial charge in [0.05, 0.1) is 0 Å². The van der Waals surface area contributed by atoms with Gasteiger partial charge in [0.25, 0.3) is 10.2 Å². The lowest BCUT2D eigenvalue weighted by Crippen LogP contribution is -2.46. The van der Waals surface area contributed by atoms with Crippen LogP contribution in [0.5, 0.6) is 0 Å². The van der Waals surface area contributed by atoms with E-state index in [2.05, 4.69) is 43.0 Å². The molecule has 6 heteroatoms. The van der Waals surface area contributed by atoms with E-state index in [0.717, 1.165) is 12.8 Å². The highest BCUT2D eigenvalue weighted by atomic mass is 32.2. The average molecular weight is 366 g/mol. The smallest absolute Gasteiger partial charge is 0.282 e. The Hall–Kier alpha value is -0.950. The molecule has 0 saturated carbocycles. The van der Waals surface area contributed by atoms with E-state index in [1.54, 1.807) is 8.61 Å². The normalized spacial score (nSPS) is 27.2. The lowest BCUT2D eigenvalue weighted by Gasteiger charge is -2.32. The summed E-state index contributed by atoms with van der Waals surface area (Å²) in [5.41, 5.74) is 2.46. The van der Waals surface area contributed by atoms with Crippen molar-refractivity contribution in [2.24, 2.45) is 5.92 Å². The van der Waals surface area contributed by atoms with Crippen LogP contribution in [-0.2, 0) is 10.2 Å². The van der Waals surface area contributed by atoms with Gasteiger partial charge in [0.1, 0.15) is 0 Å². The minimum absolute atomic E-state index is 0.209. The van der Waals surface area contributed by atoms with Crippen molar-refractivity contribution in [3.8, 4) is 0 Å². The van der Waals surface area contributed by atoms with Crippen LogP contribution in [0.15, 0.2) is 24.3 Å². The van der Waals surface area contributed by atoms with Gasteiger partial charge in [0, 0.05) is 38.1 Å². The van der Waals surface area contributed by atoms with Gasteiger partial charge in [-0.15, -0.1) is 0 Å². The molecule has 0 radical (unpaired) electrons. The molecule has 2 fully saturated rings. The van der Waals surface area contributed by atoms with Crippen LogP contribution in [0.1, 0.15) is 36.8 Å². The highest BCUT2D eigenvalue weighted by Crippen LogP contribution is 2.33. The summed E-state index contributed by atoms with van der Waals surface area (Å²) in [5.74, 6) is 0.842. The molecule has 0 N–H and O–H groups in total. The summed E-state index contributed by atoms with van der Waals surface area (Å²) in [7, 11) is 0.732. The van der Waals surface area contributed by atoms with E-state index >= 15 is 0 Å². The van der Waals surface area contributed by atoms with Crippen molar-refractivity contribution in [3.63, 3.8) is 0 Å². The van der Waals surface area contributed by atoms with Gasteiger partial charge in [-0.25, -0.2) is 0 Å². The van der Waals surface area contributed by atoms with Gasteiger partial charge in [-0.2, -0.15) is 17.0 Å². The molecule has 2 aliphatic rings. The monoisotopic (exact) mass is 365 g/mol. The SMILES string of the molecule is Cc1ccc([C@@H]2CN(S(=O)(=O)N3CCC(C)CC3)C[C@H]2N(C)C)cc1. The molecule has 2 saturated heterocycles. The first-order chi connectivity index (χ1) is 11.8. The zero-order valence-corrected chi connectivity index (χ0v) is 16.7. The Morgan fingerprint density at radius 1 is 1.00 bits per heavy atom. The summed E-state index contributed by atoms with van der Waals surface area (Å²) in [6, 6.07) is 8.74. The number of hydrogen-bond acceptors (Lipinski definition) is 3. The third-order valence-electron chi connectivity index (χ3n) is 5.82. The van der Waals surface area contributed by atoms with Crippen molar-refractivity contribution in [1.29, 1.82) is 0 Å². The zero-order valence-electron chi connectivity index (χ0n) is 15.9. The van der Waals surface area contributed by atoms with Crippen LogP contribution >= 0.6 is 0 Å². The minimum atomic E-state index is -3.36. The summed E-state index contributed by atoms with van der Waals surface area (Å²) in [6.07, 6.45) is 1.93. The molecule has 0 aromatic heterocycles. The third kappa shape index (κ3) is 3.92. The van der Waals surface area contributed by atoms with E-state index in [1.807, 2.05) is 14.1 Å². The molecule has 3 rings (SSSR count). The fourth-order valence-corrected chi connectivity index (χ4v) is 5.67. The molecule has 0 amide bonds. The minimum Gasteiger partial charge on any atom is -0.304 e. The van der Waals surface area contributed by atoms with Crippen LogP contribution in [-0.4, -0.2) is 68.2 Å². The second-order valence-electron chi connectivity index (χ2n) is 7.95. The largest absolute Gasteiger partial charge is 0.304 e. The van der Waals surface area contributed by atoms with Gasteiger partial charge in [0.2, 0.25) is 0 Å². The lowest BCUT2D eigenvalue weighted by atomic mass is 9.93. The summed E-state index contributed by atoms with van der Waals surface area (Å²) in [4.78, 5) is 2.17. The number of nitrogens with zero attached hydrogens (tertiary/aromatic N) is 3. The third-order valence-corrected chi connectivity index (χ3v) is 7.79. The Labute approximate surface area is 152 Å². The number of rotatable bonds is 4. The van der Waals surface area contributed by atoms with Gasteiger partial charge >= 0.3 is 0 Å². The molecule has 1 aromatic carbocycles. The van der Waals surface area contributed by atoms with Crippen LogP contribution in [0.3, 0.4) is 0 Å². The number of aryl methyl sites for hydroxylation is 1. The molecule has 2 heterocycles. The summed E-state index contributed by atoms with van der Waals surface area (Å²) < 4.78 is 29.7. The number of benzene rings is 1. The highest BCUT2D eigenvalue weighted by Gasteiger charge is 2.43. The number of piperidine rings is 1. The van der Waals surface area contributed by atoms with Crippen LogP contribution in [0.25, 0.3) is 0 Å².